The predicted molar refractivity (Wildman–Crippen MR) is 124 cm³/mol. The highest BCUT2D eigenvalue weighted by Crippen LogP contribution is 2.39. The molecular formula is C22H23Br2NO7. The van der Waals surface area contributed by atoms with Crippen molar-refractivity contribution in [1.82, 2.24) is 5.32 Å². The van der Waals surface area contributed by atoms with Crippen LogP contribution in [0.3, 0.4) is 0 Å². The van der Waals surface area contributed by atoms with Crippen molar-refractivity contribution in [3.05, 3.63) is 50.4 Å². The van der Waals surface area contributed by atoms with Crippen LogP contribution in [0, 0.1) is 0 Å². The second-order valence-electron chi connectivity index (χ2n) is 7.43. The molecule has 0 aliphatic heterocycles. The van der Waals surface area contributed by atoms with Crippen LogP contribution in [0.1, 0.15) is 43.7 Å². The third-order valence-electron chi connectivity index (χ3n) is 4.54. The number of carbonyl (C=O) groups is 3. The molecule has 2 aromatic rings. The van der Waals surface area contributed by atoms with E-state index in [1.807, 2.05) is 13.8 Å². The average Bonchev–Trinajstić information content (AvgIpc) is 2.68. The zero-order chi connectivity index (χ0) is 24.0. The van der Waals surface area contributed by atoms with Crippen LogP contribution in [0.15, 0.2) is 39.3 Å². The Kier molecular flexibility index (Phi) is 9.09. The summed E-state index contributed by atoms with van der Waals surface area (Å²) in [5.74, 6) is -1.68. The molecule has 0 aromatic heterocycles. The maximum absolute atomic E-state index is 12.3. The van der Waals surface area contributed by atoms with Gasteiger partial charge in [0.15, 0.2) is 5.75 Å². The number of phenols is 1. The normalized spacial score (nSPS) is 11.8. The number of phenolic OH excluding ortho intramolecular Hbond substituents is 1. The fourth-order valence-electron chi connectivity index (χ4n) is 2.94. The molecule has 0 radical (unpaired) electrons. The Morgan fingerprint density at radius 3 is 2.22 bits per heavy atom. The van der Waals surface area contributed by atoms with E-state index in [1.54, 1.807) is 30.3 Å². The molecule has 0 bridgehead atoms. The molecule has 0 fully saturated rings. The van der Waals surface area contributed by atoms with Gasteiger partial charge >= 0.3 is 11.9 Å². The number of carbonyl (C=O) groups excluding carboxylic acids is 1. The summed E-state index contributed by atoms with van der Waals surface area (Å²) in [6.45, 7) is 3.92. The third-order valence-corrected chi connectivity index (χ3v) is 5.72. The molecule has 32 heavy (non-hydrogen) atoms. The number of carboxylic acid groups (broad SMARTS) is 2. The molecule has 4 N–H and O–H groups in total. The largest absolute Gasteiger partial charge is 0.508 e. The van der Waals surface area contributed by atoms with Crippen LogP contribution in [0.5, 0.6) is 17.2 Å². The number of carboxylic acids is 2. The molecule has 0 spiro atoms. The highest BCUT2D eigenvalue weighted by Gasteiger charge is 2.21. The van der Waals surface area contributed by atoms with Gasteiger partial charge in [-0.2, -0.15) is 0 Å². The summed E-state index contributed by atoms with van der Waals surface area (Å²) in [6.07, 6.45) is -0.678. The molecule has 1 atom stereocenters. The van der Waals surface area contributed by atoms with E-state index in [1.165, 1.54) is 0 Å². The molecule has 8 nitrogen and oxygen atoms in total. The van der Waals surface area contributed by atoms with Crippen LogP contribution in [-0.4, -0.2) is 39.2 Å². The number of aliphatic carboxylic acids is 2. The fraction of sp³-hybridized carbons (Fsp3) is 0.318. The zero-order valence-electron chi connectivity index (χ0n) is 17.4. The van der Waals surface area contributed by atoms with Crippen molar-refractivity contribution in [2.75, 3.05) is 0 Å². The van der Waals surface area contributed by atoms with E-state index in [-0.39, 0.29) is 30.9 Å². The highest BCUT2D eigenvalue weighted by molar-refractivity contribution is 9.11. The molecule has 0 aliphatic carbocycles. The van der Waals surface area contributed by atoms with Gasteiger partial charge in [-0.1, -0.05) is 13.8 Å². The van der Waals surface area contributed by atoms with E-state index in [9.17, 15) is 24.6 Å². The standard InChI is InChI=1S/C22H23Br2NO7/c1-11(2)14-10-13(3-5-18(14)26)32-21-15(23)7-12(8-16(21)24)9-19(27)25-17(22(30)31)4-6-20(28)29/h3,5,7-8,10-11,17,26H,4,6,9H2,1-2H3,(H,25,27)(H,28,29)(H,30,31). The summed E-state index contributed by atoms with van der Waals surface area (Å²) >= 11 is 6.85. The van der Waals surface area contributed by atoms with Gasteiger partial charge in [0.25, 0.3) is 0 Å². The molecule has 1 unspecified atom stereocenters. The number of hydrogen-bond acceptors (Lipinski definition) is 5. The quantitative estimate of drug-likeness (QED) is 0.321. The molecule has 2 rings (SSSR count). The van der Waals surface area contributed by atoms with Gasteiger partial charge in [-0.15, -0.1) is 0 Å². The summed E-state index contributed by atoms with van der Waals surface area (Å²) in [4.78, 5) is 34.2. The first kappa shape index (κ1) is 25.7. The monoisotopic (exact) mass is 571 g/mol. The zero-order valence-corrected chi connectivity index (χ0v) is 20.6. The number of hydrogen-bond donors (Lipinski definition) is 4. The van der Waals surface area contributed by atoms with Crippen molar-refractivity contribution in [3.8, 4) is 17.2 Å². The topological polar surface area (TPSA) is 133 Å². The van der Waals surface area contributed by atoms with Crippen LogP contribution in [0.4, 0.5) is 0 Å². The first-order valence-electron chi connectivity index (χ1n) is 9.70. The second kappa shape index (κ2) is 11.3. The van der Waals surface area contributed by atoms with Crippen molar-refractivity contribution >= 4 is 49.7 Å². The Bertz CT molecular complexity index is 1000. The number of rotatable bonds is 10. The lowest BCUT2D eigenvalue weighted by molar-refractivity contribution is -0.143. The lowest BCUT2D eigenvalue weighted by atomic mass is 10.0. The molecule has 0 saturated carbocycles. The van der Waals surface area contributed by atoms with E-state index < -0.39 is 23.9 Å². The Morgan fingerprint density at radius 1 is 1.06 bits per heavy atom. The molecular weight excluding hydrogens is 550 g/mol. The van der Waals surface area contributed by atoms with Crippen LogP contribution < -0.4 is 10.1 Å². The fourth-order valence-corrected chi connectivity index (χ4v) is 4.39. The van der Waals surface area contributed by atoms with Crippen LogP contribution >= 0.6 is 31.9 Å². The number of halogens is 2. The number of aromatic hydroxyl groups is 1. The molecule has 2 aromatic carbocycles. The molecule has 0 heterocycles. The van der Waals surface area contributed by atoms with Crippen molar-refractivity contribution in [2.45, 2.75) is 45.1 Å². The molecule has 0 aliphatic rings. The Labute approximate surface area is 201 Å². The summed E-state index contributed by atoms with van der Waals surface area (Å²) in [7, 11) is 0. The minimum absolute atomic E-state index is 0.106. The molecule has 0 saturated heterocycles. The number of amides is 1. The van der Waals surface area contributed by atoms with Crippen LogP contribution in [-0.2, 0) is 20.8 Å². The van der Waals surface area contributed by atoms with Gasteiger partial charge in [-0.05, 0) is 80.1 Å². The van der Waals surface area contributed by atoms with E-state index in [0.717, 1.165) is 5.56 Å². The van der Waals surface area contributed by atoms with Gasteiger partial charge < -0.3 is 25.4 Å². The number of nitrogens with one attached hydrogen (secondary N) is 1. The van der Waals surface area contributed by atoms with Gasteiger partial charge in [0.05, 0.1) is 15.4 Å². The predicted octanol–water partition coefficient (Wildman–Crippen LogP) is 4.81. The van der Waals surface area contributed by atoms with Crippen molar-refractivity contribution < 1.29 is 34.4 Å². The summed E-state index contributed by atoms with van der Waals surface area (Å²) in [5, 5.41) is 30.2. The summed E-state index contributed by atoms with van der Waals surface area (Å²) in [5.41, 5.74) is 1.34. The summed E-state index contributed by atoms with van der Waals surface area (Å²) < 4.78 is 7.09. The molecule has 10 heteroatoms. The number of benzene rings is 2. The lowest BCUT2D eigenvalue weighted by Gasteiger charge is -2.16. The second-order valence-corrected chi connectivity index (χ2v) is 9.14. The molecule has 1 amide bonds. The van der Waals surface area contributed by atoms with Gasteiger partial charge in [-0.25, -0.2) is 4.79 Å². The van der Waals surface area contributed by atoms with Crippen molar-refractivity contribution in [1.29, 1.82) is 0 Å². The van der Waals surface area contributed by atoms with E-state index >= 15 is 0 Å². The highest BCUT2D eigenvalue weighted by atomic mass is 79.9. The summed E-state index contributed by atoms with van der Waals surface area (Å²) in [6, 6.07) is 7.03. The first-order chi connectivity index (χ1) is 15.0. The van der Waals surface area contributed by atoms with Crippen LogP contribution in [0.2, 0.25) is 0 Å². The van der Waals surface area contributed by atoms with Gasteiger partial charge in [0.1, 0.15) is 17.5 Å². The average molecular weight is 573 g/mol. The minimum Gasteiger partial charge on any atom is -0.508 e. The lowest BCUT2D eigenvalue weighted by Crippen LogP contribution is -2.41. The van der Waals surface area contributed by atoms with Gasteiger partial charge in [0, 0.05) is 12.0 Å². The van der Waals surface area contributed by atoms with E-state index in [4.69, 9.17) is 9.84 Å². The SMILES string of the molecule is CC(C)c1cc(Oc2c(Br)cc(CC(=O)NC(CCC(=O)O)C(=O)O)cc2Br)ccc1O. The Morgan fingerprint density at radius 2 is 1.69 bits per heavy atom. The maximum atomic E-state index is 12.3. The van der Waals surface area contributed by atoms with Gasteiger partial charge in [-0.3, -0.25) is 9.59 Å². The van der Waals surface area contributed by atoms with Crippen LogP contribution in [0.25, 0.3) is 0 Å². The smallest absolute Gasteiger partial charge is 0.326 e. The Hall–Kier alpha value is -2.59. The van der Waals surface area contributed by atoms with E-state index in [0.29, 0.717) is 26.0 Å². The minimum atomic E-state index is -1.29. The first-order valence-corrected chi connectivity index (χ1v) is 11.3. The van der Waals surface area contributed by atoms with Crippen molar-refractivity contribution in [3.63, 3.8) is 0 Å². The third kappa shape index (κ3) is 7.23. The van der Waals surface area contributed by atoms with E-state index in [2.05, 4.69) is 37.2 Å². The van der Waals surface area contributed by atoms with Gasteiger partial charge in [0.2, 0.25) is 5.91 Å². The molecule has 172 valence electrons. The number of ether oxygens (including phenoxy) is 1. The Balaban J connectivity index is 2.13. The maximum Gasteiger partial charge on any atom is 0.326 e. The van der Waals surface area contributed by atoms with Crippen molar-refractivity contribution in [2.24, 2.45) is 0 Å².